The fourth-order valence-electron chi connectivity index (χ4n) is 1.43. The van der Waals surface area contributed by atoms with Gasteiger partial charge < -0.3 is 0 Å². The Hall–Kier alpha value is 0.370. The van der Waals surface area contributed by atoms with Crippen LogP contribution in [0.1, 0.15) is 16.5 Å². The number of alkyl halides is 1. The molecule has 1 aromatic carbocycles. The number of hydrogen-bond acceptors (Lipinski definition) is 1. The minimum atomic E-state index is -0.414. The second kappa shape index (κ2) is 5.56. The average Bonchev–Trinajstić information content (AvgIpc) is 2.55. The quantitative estimate of drug-likeness (QED) is 0.531. The topological polar surface area (TPSA) is 0 Å². The molecule has 1 heterocycles. The third kappa shape index (κ3) is 3.23. The van der Waals surface area contributed by atoms with Crippen LogP contribution in [0.2, 0.25) is 18.7 Å². The summed E-state index contributed by atoms with van der Waals surface area (Å²) in [4.78, 5) is 0. The van der Waals surface area contributed by atoms with Crippen molar-refractivity contribution in [2.75, 3.05) is 0 Å². The van der Waals surface area contributed by atoms with Crippen LogP contribution in [-0.2, 0) is 0 Å². The first-order valence-corrected chi connectivity index (χ1v) is 7.28. The van der Waals surface area contributed by atoms with E-state index in [-0.39, 0.29) is 0 Å². The van der Waals surface area contributed by atoms with Crippen LogP contribution in [0.25, 0.3) is 0 Å². The van der Waals surface area contributed by atoms with E-state index in [1.54, 1.807) is 24.3 Å². The Labute approximate surface area is 128 Å². The third-order valence-corrected chi connectivity index (χ3v) is 4.58. The van der Waals surface area contributed by atoms with E-state index in [0.717, 1.165) is 11.1 Å². The zero-order valence-corrected chi connectivity index (χ0v) is 12.8. The van der Waals surface area contributed by atoms with Crippen molar-refractivity contribution in [2.24, 2.45) is 0 Å². The van der Waals surface area contributed by atoms with Crippen LogP contribution in [0.15, 0.2) is 24.3 Å². The molecule has 0 aliphatic heterocycles. The number of benzene rings is 1. The summed E-state index contributed by atoms with van der Waals surface area (Å²) < 4.78 is 1.18. The molecular weight excluding hydrogens is 341 g/mol. The van der Waals surface area contributed by atoms with Gasteiger partial charge in [0.2, 0.25) is 0 Å². The molecule has 6 heteroatoms. The van der Waals surface area contributed by atoms with Crippen LogP contribution in [0.5, 0.6) is 0 Å². The van der Waals surface area contributed by atoms with Crippen molar-refractivity contribution in [3.63, 3.8) is 0 Å². The number of halogens is 5. The molecule has 1 atom stereocenters. The zero-order valence-electron chi connectivity index (χ0n) is 8.18. The van der Waals surface area contributed by atoms with Crippen LogP contribution in [0.3, 0.4) is 0 Å². The standard InChI is InChI=1S/C11H5Cl5S/c12-6-1-5(2-7(13)3-6)10(15)8-4-9(14)17-11(8)16/h1-4,10H. The molecular formula is C11H5Cl5S. The second-order valence-corrected chi connectivity index (χ2v) is 6.94. The van der Waals surface area contributed by atoms with E-state index in [1.807, 2.05) is 0 Å². The smallest absolute Gasteiger partial charge is 0.0994 e. The Kier molecular flexibility index (Phi) is 4.51. The van der Waals surface area contributed by atoms with Crippen LogP contribution in [-0.4, -0.2) is 0 Å². The molecule has 0 fully saturated rings. The van der Waals surface area contributed by atoms with E-state index in [4.69, 9.17) is 58.0 Å². The predicted octanol–water partition coefficient (Wildman–Crippen LogP) is 6.69. The molecule has 0 bridgehead atoms. The molecule has 0 N–H and O–H groups in total. The van der Waals surface area contributed by atoms with Crippen LogP contribution >= 0.6 is 69.3 Å². The minimum absolute atomic E-state index is 0.414. The SMILES string of the molecule is Clc1cc(Cl)cc(C(Cl)c2cc(Cl)sc2Cl)c1. The van der Waals surface area contributed by atoms with Crippen molar-refractivity contribution < 1.29 is 0 Å². The van der Waals surface area contributed by atoms with Gasteiger partial charge in [-0.2, -0.15) is 0 Å². The van der Waals surface area contributed by atoms with Crippen molar-refractivity contribution in [1.82, 2.24) is 0 Å². The predicted molar refractivity (Wildman–Crippen MR) is 78.5 cm³/mol. The van der Waals surface area contributed by atoms with Gasteiger partial charge in [-0.3, -0.25) is 0 Å². The summed E-state index contributed by atoms with van der Waals surface area (Å²) in [7, 11) is 0. The van der Waals surface area contributed by atoms with E-state index in [0.29, 0.717) is 18.7 Å². The van der Waals surface area contributed by atoms with E-state index < -0.39 is 5.38 Å². The fraction of sp³-hybridized carbons (Fsp3) is 0.0909. The zero-order chi connectivity index (χ0) is 12.6. The molecule has 0 radical (unpaired) electrons. The summed E-state index contributed by atoms with van der Waals surface area (Å²) in [5, 5.41) is 0.661. The second-order valence-electron chi connectivity index (χ2n) is 3.34. The molecule has 0 aliphatic carbocycles. The van der Waals surface area contributed by atoms with Gasteiger partial charge in [0.15, 0.2) is 0 Å². The van der Waals surface area contributed by atoms with Gasteiger partial charge >= 0.3 is 0 Å². The normalized spacial score (nSPS) is 12.8. The van der Waals surface area contributed by atoms with Crippen molar-refractivity contribution in [1.29, 1.82) is 0 Å². The molecule has 0 saturated heterocycles. The molecule has 0 amide bonds. The van der Waals surface area contributed by atoms with E-state index >= 15 is 0 Å². The lowest BCUT2D eigenvalue weighted by Gasteiger charge is -2.10. The number of thiophene rings is 1. The molecule has 1 aromatic heterocycles. The Morgan fingerprint density at radius 1 is 0.882 bits per heavy atom. The van der Waals surface area contributed by atoms with Gasteiger partial charge in [0.1, 0.15) is 0 Å². The Morgan fingerprint density at radius 3 is 1.94 bits per heavy atom. The maximum atomic E-state index is 6.34. The first-order chi connectivity index (χ1) is 7.97. The Balaban J connectivity index is 2.43. The maximum Gasteiger partial charge on any atom is 0.0994 e. The molecule has 1 unspecified atom stereocenters. The number of hydrogen-bond donors (Lipinski definition) is 0. The Bertz CT molecular complexity index is 529. The summed E-state index contributed by atoms with van der Waals surface area (Å²) >= 11 is 31.4. The highest BCUT2D eigenvalue weighted by Crippen LogP contribution is 2.41. The van der Waals surface area contributed by atoms with Gasteiger partial charge in [0.25, 0.3) is 0 Å². The monoisotopic (exact) mass is 344 g/mol. The maximum absolute atomic E-state index is 6.34. The summed E-state index contributed by atoms with van der Waals surface area (Å²) in [6, 6.07) is 6.92. The van der Waals surface area contributed by atoms with Crippen LogP contribution in [0, 0.1) is 0 Å². The lowest BCUT2D eigenvalue weighted by atomic mass is 10.1. The first-order valence-electron chi connectivity index (χ1n) is 4.52. The molecule has 90 valence electrons. The average molecular weight is 346 g/mol. The summed E-state index contributed by atoms with van der Waals surface area (Å²) in [5.74, 6) is 0. The summed E-state index contributed by atoms with van der Waals surface area (Å²) in [6.45, 7) is 0. The lowest BCUT2D eigenvalue weighted by molar-refractivity contribution is 1.16. The van der Waals surface area contributed by atoms with Gasteiger partial charge in [-0.15, -0.1) is 22.9 Å². The van der Waals surface area contributed by atoms with Gasteiger partial charge in [-0.25, -0.2) is 0 Å². The molecule has 0 spiro atoms. The molecule has 2 aromatic rings. The van der Waals surface area contributed by atoms with Crippen molar-refractivity contribution in [3.05, 3.63) is 54.1 Å². The number of rotatable bonds is 2. The van der Waals surface area contributed by atoms with Crippen LogP contribution < -0.4 is 0 Å². The molecule has 17 heavy (non-hydrogen) atoms. The molecule has 0 nitrogen and oxygen atoms in total. The molecule has 2 rings (SSSR count). The van der Waals surface area contributed by atoms with E-state index in [1.165, 1.54) is 11.3 Å². The van der Waals surface area contributed by atoms with E-state index in [2.05, 4.69) is 0 Å². The molecule has 0 aliphatic rings. The third-order valence-electron chi connectivity index (χ3n) is 2.13. The van der Waals surface area contributed by atoms with Crippen molar-refractivity contribution in [2.45, 2.75) is 5.38 Å². The van der Waals surface area contributed by atoms with Gasteiger partial charge in [0.05, 0.1) is 14.0 Å². The lowest BCUT2D eigenvalue weighted by Crippen LogP contribution is -1.92. The highest BCUT2D eigenvalue weighted by molar-refractivity contribution is 7.20. The Morgan fingerprint density at radius 2 is 1.47 bits per heavy atom. The van der Waals surface area contributed by atoms with Gasteiger partial charge in [0, 0.05) is 15.6 Å². The largest absolute Gasteiger partial charge is 0.112 e. The highest BCUT2D eigenvalue weighted by atomic mass is 35.5. The summed E-state index contributed by atoms with van der Waals surface area (Å²) in [5.41, 5.74) is 1.56. The van der Waals surface area contributed by atoms with Gasteiger partial charge in [-0.1, -0.05) is 46.4 Å². The van der Waals surface area contributed by atoms with Crippen LogP contribution in [0.4, 0.5) is 0 Å². The van der Waals surface area contributed by atoms with E-state index in [9.17, 15) is 0 Å². The van der Waals surface area contributed by atoms with Crippen molar-refractivity contribution >= 4 is 69.3 Å². The fourth-order valence-corrected chi connectivity index (χ4v) is 3.92. The molecule has 0 saturated carbocycles. The first kappa shape index (κ1) is 13.8. The van der Waals surface area contributed by atoms with Gasteiger partial charge in [-0.05, 0) is 29.8 Å². The highest BCUT2D eigenvalue weighted by Gasteiger charge is 2.18. The minimum Gasteiger partial charge on any atom is -0.112 e. The van der Waals surface area contributed by atoms with Crippen molar-refractivity contribution in [3.8, 4) is 0 Å². The summed E-state index contributed by atoms with van der Waals surface area (Å²) in [6.07, 6.45) is 0.